The highest BCUT2D eigenvalue weighted by Crippen LogP contribution is 1.60. The molecule has 0 radical (unpaired) electrons. The Morgan fingerprint density at radius 2 is 2.00 bits per heavy atom. The zero-order valence-corrected chi connectivity index (χ0v) is 5.09. The third-order valence-corrected chi connectivity index (χ3v) is 0.144. The maximum Gasteiger partial charge on any atom is 0.300 e. The van der Waals surface area contributed by atoms with Crippen molar-refractivity contribution in [2.45, 2.75) is 6.92 Å². The lowest BCUT2D eigenvalue weighted by Crippen LogP contribution is -1.86. The van der Waals surface area contributed by atoms with Crippen LogP contribution in [-0.2, 0) is 4.79 Å². The van der Waals surface area contributed by atoms with Gasteiger partial charge in [-0.05, 0) is 0 Å². The van der Waals surface area contributed by atoms with E-state index in [0.29, 0.717) is 0 Å². The minimum Gasteiger partial charge on any atom is -0.481 e. The molecule has 0 unspecified atom stereocenters. The maximum atomic E-state index is 9.00. The highest BCUT2D eigenvalue weighted by Gasteiger charge is 1.65. The second-order valence-electron chi connectivity index (χ2n) is 1.16. The molecular weight excluding hydrogens is 120 g/mol. The van der Waals surface area contributed by atoms with Crippen LogP contribution in [0.3, 0.4) is 0 Å². The topological polar surface area (TPSA) is 87.1 Å². The van der Waals surface area contributed by atoms with Crippen LogP contribution in [0.2, 0.25) is 0 Å². The Morgan fingerprint density at radius 3 is 2.00 bits per heavy atom. The first-order valence-corrected chi connectivity index (χ1v) is 2.04. The van der Waals surface area contributed by atoms with Crippen molar-refractivity contribution in [3.8, 4) is 6.07 Å². The van der Waals surface area contributed by atoms with E-state index in [1.165, 1.54) is 0 Å². The van der Waals surface area contributed by atoms with Crippen LogP contribution in [0.15, 0.2) is 12.3 Å². The molecule has 0 aromatic rings. The fraction of sp³-hybridized carbons (Fsp3) is 0.200. The number of allylic oxidation sites excluding steroid dienone is 1. The van der Waals surface area contributed by atoms with Crippen molar-refractivity contribution in [2.24, 2.45) is 5.73 Å². The molecule has 50 valence electrons. The molecule has 0 fully saturated rings. The maximum absolute atomic E-state index is 9.00. The van der Waals surface area contributed by atoms with Gasteiger partial charge in [-0.15, -0.1) is 0 Å². The second kappa shape index (κ2) is 6.50. The number of rotatable bonds is 0. The number of nitrogens with two attached hydrogens (primary N) is 1. The normalized spacial score (nSPS) is 5.78. The molecule has 0 aliphatic rings. The van der Waals surface area contributed by atoms with E-state index in [9.17, 15) is 0 Å². The van der Waals surface area contributed by atoms with E-state index in [-0.39, 0.29) is 5.70 Å². The molecule has 0 saturated carbocycles. The lowest BCUT2D eigenvalue weighted by molar-refractivity contribution is -0.134. The number of aliphatic carboxylic acids is 1. The molecule has 0 heterocycles. The Hall–Kier alpha value is -1.50. The van der Waals surface area contributed by atoms with Gasteiger partial charge < -0.3 is 10.8 Å². The summed E-state index contributed by atoms with van der Waals surface area (Å²) >= 11 is 0. The predicted octanol–water partition coefficient (Wildman–Crippen LogP) is 0.0733. The van der Waals surface area contributed by atoms with E-state index in [2.05, 4.69) is 6.58 Å². The fourth-order valence-electron chi connectivity index (χ4n) is 0. The molecule has 0 aliphatic heterocycles. The van der Waals surface area contributed by atoms with Gasteiger partial charge in [0.15, 0.2) is 0 Å². The Morgan fingerprint density at radius 1 is 1.89 bits per heavy atom. The minimum absolute atomic E-state index is 0.0602. The van der Waals surface area contributed by atoms with Crippen LogP contribution in [0, 0.1) is 11.3 Å². The summed E-state index contributed by atoms with van der Waals surface area (Å²) in [6.07, 6.45) is 0. The number of carboxylic acids is 1. The molecule has 0 saturated heterocycles. The van der Waals surface area contributed by atoms with E-state index in [0.717, 1.165) is 6.92 Å². The summed E-state index contributed by atoms with van der Waals surface area (Å²) in [5.74, 6) is -0.833. The van der Waals surface area contributed by atoms with Gasteiger partial charge in [0, 0.05) is 6.92 Å². The molecule has 4 heteroatoms. The van der Waals surface area contributed by atoms with Crippen molar-refractivity contribution in [1.29, 1.82) is 5.26 Å². The molecule has 0 bridgehead atoms. The van der Waals surface area contributed by atoms with E-state index < -0.39 is 5.97 Å². The van der Waals surface area contributed by atoms with Crippen molar-refractivity contribution in [3.05, 3.63) is 12.3 Å². The number of hydrogen-bond donors (Lipinski definition) is 2. The monoisotopic (exact) mass is 128 g/mol. The van der Waals surface area contributed by atoms with Crippen molar-refractivity contribution >= 4 is 5.97 Å². The predicted molar refractivity (Wildman–Crippen MR) is 32.3 cm³/mol. The highest BCUT2D eigenvalue weighted by molar-refractivity contribution is 5.62. The van der Waals surface area contributed by atoms with Crippen molar-refractivity contribution in [1.82, 2.24) is 0 Å². The second-order valence-corrected chi connectivity index (χ2v) is 1.16. The highest BCUT2D eigenvalue weighted by atomic mass is 16.4. The van der Waals surface area contributed by atoms with Crippen LogP contribution in [0.25, 0.3) is 0 Å². The lowest BCUT2D eigenvalue weighted by Gasteiger charge is -1.65. The lowest BCUT2D eigenvalue weighted by atomic mass is 10.6. The molecule has 0 rings (SSSR count). The van der Waals surface area contributed by atoms with E-state index in [4.69, 9.17) is 20.9 Å². The van der Waals surface area contributed by atoms with Gasteiger partial charge in [0.1, 0.15) is 11.8 Å². The Balaban J connectivity index is 0. The van der Waals surface area contributed by atoms with Crippen LogP contribution in [0.1, 0.15) is 6.92 Å². The van der Waals surface area contributed by atoms with Gasteiger partial charge in [-0.1, -0.05) is 6.58 Å². The van der Waals surface area contributed by atoms with Gasteiger partial charge in [-0.25, -0.2) is 0 Å². The largest absolute Gasteiger partial charge is 0.481 e. The van der Waals surface area contributed by atoms with Gasteiger partial charge in [0.25, 0.3) is 5.97 Å². The van der Waals surface area contributed by atoms with Gasteiger partial charge >= 0.3 is 0 Å². The third kappa shape index (κ3) is 526. The van der Waals surface area contributed by atoms with Crippen LogP contribution in [0.4, 0.5) is 0 Å². The summed E-state index contributed by atoms with van der Waals surface area (Å²) in [6, 6.07) is 1.61. The first kappa shape index (κ1) is 10.5. The average molecular weight is 128 g/mol. The SMILES string of the molecule is C=C(N)C#N.CC(=O)O. The molecule has 3 N–H and O–H groups in total. The molecule has 9 heavy (non-hydrogen) atoms. The fourth-order valence-corrected chi connectivity index (χ4v) is 0. The smallest absolute Gasteiger partial charge is 0.300 e. The van der Waals surface area contributed by atoms with Gasteiger partial charge in [-0.3, -0.25) is 4.79 Å². The van der Waals surface area contributed by atoms with Crippen molar-refractivity contribution < 1.29 is 9.90 Å². The molecule has 0 amide bonds. The Labute approximate surface area is 53.2 Å². The van der Waals surface area contributed by atoms with Crippen LogP contribution < -0.4 is 5.73 Å². The van der Waals surface area contributed by atoms with E-state index in [1.807, 2.05) is 0 Å². The zero-order chi connectivity index (χ0) is 7.86. The number of carboxylic acid groups (broad SMARTS) is 1. The molecular formula is C5H8N2O2. The van der Waals surface area contributed by atoms with Gasteiger partial charge in [0.2, 0.25) is 0 Å². The van der Waals surface area contributed by atoms with Gasteiger partial charge in [-0.2, -0.15) is 5.26 Å². The Bertz CT molecular complexity index is 142. The summed E-state index contributed by atoms with van der Waals surface area (Å²) in [7, 11) is 0. The zero-order valence-electron chi connectivity index (χ0n) is 5.09. The summed E-state index contributed by atoms with van der Waals surface area (Å²) in [5.41, 5.74) is 4.80. The van der Waals surface area contributed by atoms with Crippen molar-refractivity contribution in [2.75, 3.05) is 0 Å². The Kier molecular flexibility index (Phi) is 7.57. The standard InChI is InChI=1S/C3H4N2.C2H4O2/c1-3(5)2-4;1-2(3)4/h1,5H2;1H3,(H,3,4). The molecule has 0 aromatic carbocycles. The minimum atomic E-state index is -0.833. The van der Waals surface area contributed by atoms with Crippen LogP contribution in [-0.4, -0.2) is 11.1 Å². The molecule has 0 atom stereocenters. The summed E-state index contributed by atoms with van der Waals surface area (Å²) in [5, 5.41) is 15.1. The number of nitrogens with zero attached hydrogens (tertiary/aromatic N) is 1. The van der Waals surface area contributed by atoms with E-state index >= 15 is 0 Å². The van der Waals surface area contributed by atoms with Gasteiger partial charge in [0.05, 0.1) is 0 Å². The van der Waals surface area contributed by atoms with E-state index in [1.54, 1.807) is 6.07 Å². The first-order valence-electron chi connectivity index (χ1n) is 2.04. The quantitative estimate of drug-likeness (QED) is 0.452. The van der Waals surface area contributed by atoms with Crippen LogP contribution >= 0.6 is 0 Å². The molecule has 0 spiro atoms. The molecule has 4 nitrogen and oxygen atoms in total. The average Bonchev–Trinajstić information content (AvgIpc) is 1.65. The number of carbonyl (C=O) groups is 1. The molecule has 0 aliphatic carbocycles. The first-order chi connectivity index (χ1) is 4.00. The molecule has 0 aromatic heterocycles. The third-order valence-electron chi connectivity index (χ3n) is 0.144. The van der Waals surface area contributed by atoms with Crippen LogP contribution in [0.5, 0.6) is 0 Å². The summed E-state index contributed by atoms with van der Waals surface area (Å²) < 4.78 is 0. The number of hydrogen-bond acceptors (Lipinski definition) is 3. The van der Waals surface area contributed by atoms with Crippen molar-refractivity contribution in [3.63, 3.8) is 0 Å². The number of nitriles is 1. The summed E-state index contributed by atoms with van der Waals surface area (Å²) in [4.78, 5) is 9.00. The summed E-state index contributed by atoms with van der Waals surface area (Å²) in [6.45, 7) is 4.17.